The van der Waals surface area contributed by atoms with E-state index in [0.29, 0.717) is 19.0 Å². The van der Waals surface area contributed by atoms with Gasteiger partial charge in [0.15, 0.2) is 5.69 Å². The summed E-state index contributed by atoms with van der Waals surface area (Å²) in [4.78, 5) is 16.8. The number of rotatable bonds is 2. The molecule has 5 nitrogen and oxygen atoms in total. The molecule has 1 aliphatic heterocycles. The number of carboxylic acid groups (broad SMARTS) is 1. The molecule has 88 valence electrons. The fraction of sp³-hybridized carbons (Fsp3) is 0.400. The first-order valence-electron chi connectivity index (χ1n) is 4.80. The predicted octanol–water partition coefficient (Wildman–Crippen LogP) is 1.04. The maximum Gasteiger partial charge on any atom is 0.354 e. The molecule has 1 N–H and O–H groups in total. The van der Waals surface area contributed by atoms with E-state index in [4.69, 9.17) is 9.84 Å². The Morgan fingerprint density at radius 2 is 2.06 bits per heavy atom. The van der Waals surface area contributed by atoms with Gasteiger partial charge in [-0.1, -0.05) is 6.07 Å². The maximum atomic E-state index is 10.7. The highest BCUT2D eigenvalue weighted by Crippen LogP contribution is 2.12. The summed E-state index contributed by atoms with van der Waals surface area (Å²) in [5.74, 6) is -0.289. The molecule has 0 saturated carbocycles. The molecule has 1 aliphatic rings. The SMILES string of the molecule is Cl.O=C(O)c1cccc(N2CCOCC2)n1. The van der Waals surface area contributed by atoms with E-state index in [1.807, 2.05) is 11.0 Å². The van der Waals surface area contributed by atoms with Crippen LogP contribution in [-0.2, 0) is 4.74 Å². The zero-order chi connectivity index (χ0) is 10.7. The first kappa shape index (κ1) is 12.7. The van der Waals surface area contributed by atoms with Gasteiger partial charge in [-0.3, -0.25) is 0 Å². The largest absolute Gasteiger partial charge is 0.477 e. The third-order valence-corrected chi connectivity index (χ3v) is 2.29. The highest BCUT2D eigenvalue weighted by atomic mass is 35.5. The second-order valence-corrected chi connectivity index (χ2v) is 3.29. The van der Waals surface area contributed by atoms with Gasteiger partial charge in [0.25, 0.3) is 0 Å². The van der Waals surface area contributed by atoms with Crippen LogP contribution in [0.25, 0.3) is 0 Å². The fourth-order valence-electron chi connectivity index (χ4n) is 1.51. The Hall–Kier alpha value is -1.33. The summed E-state index contributed by atoms with van der Waals surface area (Å²) in [5, 5.41) is 8.80. The van der Waals surface area contributed by atoms with E-state index in [2.05, 4.69) is 4.98 Å². The van der Waals surface area contributed by atoms with Gasteiger partial charge >= 0.3 is 5.97 Å². The van der Waals surface area contributed by atoms with Gasteiger partial charge in [0, 0.05) is 13.1 Å². The molecule has 6 heteroatoms. The number of hydrogen-bond donors (Lipinski definition) is 1. The van der Waals surface area contributed by atoms with Gasteiger partial charge in [-0.05, 0) is 12.1 Å². The van der Waals surface area contributed by atoms with E-state index in [1.165, 1.54) is 6.07 Å². The van der Waals surface area contributed by atoms with E-state index in [9.17, 15) is 4.79 Å². The number of ether oxygens (including phenoxy) is 1. The molecule has 0 spiro atoms. The molecular formula is C10H13ClN2O3. The van der Waals surface area contributed by atoms with Crippen molar-refractivity contribution in [3.8, 4) is 0 Å². The minimum absolute atomic E-state index is 0. The van der Waals surface area contributed by atoms with Crippen LogP contribution in [0.15, 0.2) is 18.2 Å². The highest BCUT2D eigenvalue weighted by Gasteiger charge is 2.13. The highest BCUT2D eigenvalue weighted by molar-refractivity contribution is 5.86. The number of pyridine rings is 1. The van der Waals surface area contributed by atoms with Crippen LogP contribution in [0.3, 0.4) is 0 Å². The number of hydrogen-bond acceptors (Lipinski definition) is 4. The van der Waals surface area contributed by atoms with Crippen molar-refractivity contribution in [3.63, 3.8) is 0 Å². The zero-order valence-electron chi connectivity index (χ0n) is 8.63. The quantitative estimate of drug-likeness (QED) is 0.842. The maximum absolute atomic E-state index is 10.7. The van der Waals surface area contributed by atoms with E-state index >= 15 is 0 Å². The van der Waals surface area contributed by atoms with Crippen LogP contribution in [0, 0.1) is 0 Å². The predicted molar refractivity (Wildman–Crippen MR) is 61.5 cm³/mol. The average Bonchev–Trinajstić information content (AvgIpc) is 2.30. The molecule has 0 bridgehead atoms. The lowest BCUT2D eigenvalue weighted by molar-refractivity contribution is 0.0690. The molecule has 0 radical (unpaired) electrons. The lowest BCUT2D eigenvalue weighted by Gasteiger charge is -2.27. The van der Waals surface area contributed by atoms with Crippen LogP contribution < -0.4 is 4.90 Å². The smallest absolute Gasteiger partial charge is 0.354 e. The van der Waals surface area contributed by atoms with Crippen LogP contribution in [-0.4, -0.2) is 42.4 Å². The first-order valence-corrected chi connectivity index (χ1v) is 4.80. The molecule has 0 atom stereocenters. The molecule has 1 aromatic rings. The number of halogens is 1. The first-order chi connectivity index (χ1) is 7.27. The number of aromatic carboxylic acids is 1. The van der Waals surface area contributed by atoms with Crippen molar-refractivity contribution in [2.45, 2.75) is 0 Å². The fourth-order valence-corrected chi connectivity index (χ4v) is 1.51. The molecule has 1 fully saturated rings. The van der Waals surface area contributed by atoms with Gasteiger partial charge in [0.2, 0.25) is 0 Å². The van der Waals surface area contributed by atoms with Gasteiger partial charge in [-0.25, -0.2) is 9.78 Å². The normalized spacial score (nSPS) is 15.4. The minimum atomic E-state index is -0.995. The molecule has 1 aromatic heterocycles. The van der Waals surface area contributed by atoms with Crippen molar-refractivity contribution in [3.05, 3.63) is 23.9 Å². The average molecular weight is 245 g/mol. The molecular weight excluding hydrogens is 232 g/mol. The monoisotopic (exact) mass is 244 g/mol. The lowest BCUT2D eigenvalue weighted by Crippen LogP contribution is -2.36. The standard InChI is InChI=1S/C10H12N2O3.ClH/c13-10(14)8-2-1-3-9(11-8)12-4-6-15-7-5-12;/h1-3H,4-7H2,(H,13,14);1H. The minimum Gasteiger partial charge on any atom is -0.477 e. The van der Waals surface area contributed by atoms with Gasteiger partial charge < -0.3 is 14.7 Å². The van der Waals surface area contributed by atoms with Crippen LogP contribution in [0.4, 0.5) is 5.82 Å². The van der Waals surface area contributed by atoms with Crippen molar-refractivity contribution in [2.24, 2.45) is 0 Å². The summed E-state index contributed by atoms with van der Waals surface area (Å²) < 4.78 is 5.21. The number of anilines is 1. The van der Waals surface area contributed by atoms with Gasteiger partial charge in [0.05, 0.1) is 13.2 Å². The Labute approximate surface area is 99.5 Å². The van der Waals surface area contributed by atoms with E-state index in [-0.39, 0.29) is 18.1 Å². The van der Waals surface area contributed by atoms with Gasteiger partial charge in [-0.2, -0.15) is 0 Å². The van der Waals surface area contributed by atoms with Crippen molar-refractivity contribution in [1.29, 1.82) is 0 Å². The second-order valence-electron chi connectivity index (χ2n) is 3.29. The van der Waals surface area contributed by atoms with Gasteiger partial charge in [-0.15, -0.1) is 12.4 Å². The molecule has 2 rings (SSSR count). The Kier molecular flexibility index (Phi) is 4.52. The van der Waals surface area contributed by atoms with Crippen molar-refractivity contribution in [2.75, 3.05) is 31.2 Å². The van der Waals surface area contributed by atoms with Crippen LogP contribution in [0.5, 0.6) is 0 Å². The van der Waals surface area contributed by atoms with Gasteiger partial charge in [0.1, 0.15) is 5.82 Å². The summed E-state index contributed by atoms with van der Waals surface area (Å²) in [6.45, 7) is 2.85. The van der Waals surface area contributed by atoms with Crippen LogP contribution in [0.2, 0.25) is 0 Å². The second kappa shape index (κ2) is 5.67. The van der Waals surface area contributed by atoms with Crippen LogP contribution >= 0.6 is 12.4 Å². The van der Waals surface area contributed by atoms with Crippen LogP contribution in [0.1, 0.15) is 10.5 Å². The summed E-state index contributed by atoms with van der Waals surface area (Å²) in [6, 6.07) is 5.02. The molecule has 16 heavy (non-hydrogen) atoms. The summed E-state index contributed by atoms with van der Waals surface area (Å²) in [7, 11) is 0. The Morgan fingerprint density at radius 3 is 2.69 bits per heavy atom. The lowest BCUT2D eigenvalue weighted by atomic mass is 10.3. The number of nitrogens with zero attached hydrogens (tertiary/aromatic N) is 2. The number of aromatic nitrogens is 1. The molecule has 0 unspecified atom stereocenters. The van der Waals surface area contributed by atoms with Crippen molar-refractivity contribution >= 4 is 24.2 Å². The Balaban J connectivity index is 0.00000128. The zero-order valence-corrected chi connectivity index (χ0v) is 9.44. The van der Waals surface area contributed by atoms with Crippen molar-refractivity contribution < 1.29 is 14.6 Å². The number of morpholine rings is 1. The Bertz CT molecular complexity index is 367. The molecule has 0 amide bonds. The number of carbonyl (C=O) groups is 1. The molecule has 0 aromatic carbocycles. The molecule has 2 heterocycles. The van der Waals surface area contributed by atoms with Crippen molar-refractivity contribution in [1.82, 2.24) is 4.98 Å². The third-order valence-electron chi connectivity index (χ3n) is 2.29. The van der Waals surface area contributed by atoms with E-state index in [1.54, 1.807) is 6.07 Å². The summed E-state index contributed by atoms with van der Waals surface area (Å²) in [6.07, 6.45) is 0. The topological polar surface area (TPSA) is 62.7 Å². The summed E-state index contributed by atoms with van der Waals surface area (Å²) in [5.41, 5.74) is 0.0824. The third kappa shape index (κ3) is 2.84. The Morgan fingerprint density at radius 1 is 1.38 bits per heavy atom. The molecule has 1 saturated heterocycles. The molecule has 0 aliphatic carbocycles. The summed E-state index contributed by atoms with van der Waals surface area (Å²) >= 11 is 0. The number of carboxylic acids is 1. The van der Waals surface area contributed by atoms with E-state index in [0.717, 1.165) is 13.1 Å². The van der Waals surface area contributed by atoms with E-state index < -0.39 is 5.97 Å².